The Balaban J connectivity index is 0.00000133. The van der Waals surface area contributed by atoms with Crippen LogP contribution in [0.25, 0.3) is 11.1 Å². The fourth-order valence-corrected chi connectivity index (χ4v) is 3.03. The predicted octanol–water partition coefficient (Wildman–Crippen LogP) is -0.0464. The molecule has 1 aliphatic rings. The first kappa shape index (κ1) is 15.3. The Morgan fingerprint density at radius 1 is 1.00 bits per heavy atom. The number of benzene rings is 2. The Bertz CT molecular complexity index is 572. The van der Waals surface area contributed by atoms with Crippen LogP contribution in [0.1, 0.15) is 17.0 Å². The molecule has 0 saturated carbocycles. The van der Waals surface area contributed by atoms with Gasteiger partial charge in [-0.1, -0.05) is 48.5 Å². The first-order chi connectivity index (χ1) is 8.77. The zero-order valence-electron chi connectivity index (χ0n) is 10.6. The molecule has 2 aromatic rings. The largest absolute Gasteiger partial charge is 1.00 e. The summed E-state index contributed by atoms with van der Waals surface area (Å²) in [6, 6.07) is 16.5. The van der Waals surface area contributed by atoms with E-state index in [1.807, 2.05) is 24.3 Å². The van der Waals surface area contributed by atoms with Crippen molar-refractivity contribution in [2.24, 2.45) is 0 Å². The number of fused-ring (bicyclic) bond motifs is 3. The van der Waals surface area contributed by atoms with Crippen LogP contribution in [0.15, 0.2) is 48.5 Å². The van der Waals surface area contributed by atoms with Crippen molar-refractivity contribution < 1.29 is 39.0 Å². The average Bonchev–Trinajstić information content (AvgIpc) is 2.71. The summed E-state index contributed by atoms with van der Waals surface area (Å²) >= 11 is 4.60. The molecule has 0 aliphatic heterocycles. The number of hydrogen-bond acceptors (Lipinski definition) is 3. The minimum absolute atomic E-state index is 0. The van der Waals surface area contributed by atoms with E-state index in [0.717, 1.165) is 0 Å². The van der Waals surface area contributed by atoms with E-state index >= 15 is 0 Å². The summed E-state index contributed by atoms with van der Waals surface area (Å²) in [6.07, 6.45) is 0. The first-order valence-electron chi connectivity index (χ1n) is 5.73. The Morgan fingerprint density at radius 2 is 1.47 bits per heavy atom. The van der Waals surface area contributed by atoms with E-state index in [-0.39, 0.29) is 35.5 Å². The van der Waals surface area contributed by atoms with Crippen molar-refractivity contribution in [3.8, 4) is 11.1 Å². The van der Waals surface area contributed by atoms with Crippen molar-refractivity contribution in [2.75, 3.05) is 6.61 Å². The van der Waals surface area contributed by atoms with Crippen LogP contribution >= 0.6 is 7.15 Å². The van der Waals surface area contributed by atoms with Crippen molar-refractivity contribution >= 4 is 19.0 Å². The van der Waals surface area contributed by atoms with Gasteiger partial charge in [-0.15, -0.1) is 0 Å². The average molecular weight is 297 g/mol. The Hall–Kier alpha value is -0.120. The normalized spacial score (nSPS) is 13.4. The minimum atomic E-state index is -1.96. The molecule has 0 fully saturated rings. The number of hydrogen-bond donors (Lipinski definition) is 0. The maximum atomic E-state index is 11.0. The second-order valence-corrected chi connectivity index (χ2v) is 5.85. The van der Waals surface area contributed by atoms with Crippen LogP contribution in [-0.2, 0) is 16.3 Å². The van der Waals surface area contributed by atoms with Crippen LogP contribution in [0.2, 0.25) is 0 Å². The molecule has 0 radical (unpaired) electrons. The zero-order valence-corrected chi connectivity index (χ0v) is 14.3. The van der Waals surface area contributed by atoms with E-state index in [0.29, 0.717) is 6.61 Å². The van der Waals surface area contributed by atoms with Crippen molar-refractivity contribution in [3.63, 3.8) is 0 Å². The Morgan fingerprint density at radius 3 is 1.95 bits per heavy atom. The van der Waals surface area contributed by atoms with Gasteiger partial charge in [-0.2, -0.15) is 4.52 Å². The van der Waals surface area contributed by atoms with Crippen molar-refractivity contribution in [1.29, 1.82) is 0 Å². The molecule has 0 spiro atoms. The van der Waals surface area contributed by atoms with E-state index in [2.05, 4.69) is 36.1 Å². The second-order valence-electron chi connectivity index (χ2n) is 4.25. The van der Waals surface area contributed by atoms with E-state index in [9.17, 15) is 4.89 Å². The van der Waals surface area contributed by atoms with Gasteiger partial charge in [0.2, 0.25) is 0 Å². The van der Waals surface area contributed by atoms with Crippen molar-refractivity contribution in [3.05, 3.63) is 59.7 Å². The summed E-state index contributed by atoms with van der Waals surface area (Å²) in [4.78, 5) is 11.0. The van der Waals surface area contributed by atoms with Crippen LogP contribution < -0.4 is 34.5 Å². The Kier molecular flexibility index (Phi) is 5.27. The summed E-state index contributed by atoms with van der Waals surface area (Å²) < 4.78 is 5.16. The van der Waals surface area contributed by atoms with Crippen LogP contribution in [0.5, 0.6) is 0 Å². The summed E-state index contributed by atoms with van der Waals surface area (Å²) in [6.45, 7) is 0.382. The van der Waals surface area contributed by atoms with Gasteiger partial charge < -0.3 is 4.89 Å². The summed E-state index contributed by atoms with van der Waals surface area (Å²) in [5.41, 5.74) is 4.93. The third-order valence-electron chi connectivity index (χ3n) is 3.31. The molecule has 5 heteroatoms. The van der Waals surface area contributed by atoms with E-state index in [1.54, 1.807) is 0 Å². The van der Waals surface area contributed by atoms with Gasteiger partial charge in [-0.25, -0.2) is 0 Å². The molecule has 19 heavy (non-hydrogen) atoms. The van der Waals surface area contributed by atoms with Crippen LogP contribution in [0.4, 0.5) is 0 Å². The van der Waals surface area contributed by atoms with E-state index in [4.69, 9.17) is 4.52 Å². The summed E-state index contributed by atoms with van der Waals surface area (Å²) in [7, 11) is -1.96. The topological polar surface area (TPSA) is 32.3 Å². The quantitative estimate of drug-likeness (QED) is 0.588. The van der Waals surface area contributed by atoms with Gasteiger partial charge in [0.15, 0.2) is 11.8 Å². The third-order valence-corrected chi connectivity index (χ3v) is 3.99. The molecule has 0 saturated heterocycles. The molecule has 1 aliphatic carbocycles. The van der Waals surface area contributed by atoms with Crippen molar-refractivity contribution in [1.82, 2.24) is 0 Å². The zero-order chi connectivity index (χ0) is 12.5. The van der Waals surface area contributed by atoms with Gasteiger partial charge in [-0.3, -0.25) is 0 Å². The fourth-order valence-electron chi connectivity index (χ4n) is 2.57. The summed E-state index contributed by atoms with van der Waals surface area (Å²) in [5.74, 6) is 0.138. The molecule has 0 amide bonds. The maximum absolute atomic E-state index is 11.0. The molecule has 0 aromatic heterocycles. The van der Waals surface area contributed by atoms with Gasteiger partial charge >= 0.3 is 36.7 Å². The van der Waals surface area contributed by atoms with E-state index in [1.165, 1.54) is 22.3 Å². The predicted molar refractivity (Wildman–Crippen MR) is 74.0 cm³/mol. The molecule has 90 valence electrons. The molecule has 2 aromatic carbocycles. The molecule has 0 N–H and O–H groups in total. The molecule has 0 bridgehead atoms. The van der Waals surface area contributed by atoms with Gasteiger partial charge in [0, 0.05) is 5.92 Å². The second kappa shape index (κ2) is 6.55. The number of rotatable bonds is 3. The minimum Gasteiger partial charge on any atom is -0.592 e. The fraction of sp³-hybridized carbons (Fsp3) is 0.143. The standard InChI is InChI=1S/C14H11O2PS.Na/c15-17(18)16-9-14-12-7-3-1-5-10(12)11-6-2-4-8-13(11)14;/h1-8,14H,9H2;/q;+1. The monoisotopic (exact) mass is 297 g/mol. The van der Waals surface area contributed by atoms with Gasteiger partial charge in [0.1, 0.15) is 6.61 Å². The van der Waals surface area contributed by atoms with Crippen LogP contribution in [-0.4, -0.2) is 6.61 Å². The molecular weight excluding hydrogens is 286 g/mol. The smallest absolute Gasteiger partial charge is 0.592 e. The molecule has 3 rings (SSSR count). The SMILES string of the molecule is [Na+].[O-][P+](=S)OCC1c2ccccc2-c2ccccc21. The first-order valence-corrected chi connectivity index (χ1v) is 7.92. The molecule has 2 nitrogen and oxygen atoms in total. The van der Waals surface area contributed by atoms with E-state index < -0.39 is 7.15 Å². The van der Waals surface area contributed by atoms with Crippen LogP contribution in [0.3, 0.4) is 0 Å². The maximum Gasteiger partial charge on any atom is 1.00 e. The Labute approximate surface area is 140 Å². The van der Waals surface area contributed by atoms with Crippen molar-refractivity contribution in [2.45, 2.75) is 5.92 Å². The molecule has 1 atom stereocenters. The molecular formula is C14H11NaO2PS+. The van der Waals surface area contributed by atoms with Crippen LogP contribution in [0, 0.1) is 0 Å². The third kappa shape index (κ3) is 2.98. The molecule has 1 unspecified atom stereocenters. The summed E-state index contributed by atoms with van der Waals surface area (Å²) in [5, 5.41) is 0. The van der Waals surface area contributed by atoms with Gasteiger partial charge in [0.25, 0.3) is 0 Å². The van der Waals surface area contributed by atoms with Gasteiger partial charge in [-0.05, 0) is 22.3 Å². The molecule has 0 heterocycles. The van der Waals surface area contributed by atoms with Gasteiger partial charge in [0.05, 0.1) is 0 Å².